The van der Waals surface area contributed by atoms with Crippen LogP contribution in [0.1, 0.15) is 45.4 Å². The Morgan fingerprint density at radius 3 is 2.53 bits per heavy atom. The molecule has 0 saturated carbocycles. The van der Waals surface area contributed by atoms with E-state index in [2.05, 4.69) is 17.2 Å². The highest BCUT2D eigenvalue weighted by Gasteiger charge is 2.35. The van der Waals surface area contributed by atoms with Crippen LogP contribution < -0.4 is 5.32 Å². The van der Waals surface area contributed by atoms with Crippen molar-refractivity contribution in [3.8, 4) is 0 Å². The molecule has 5 nitrogen and oxygen atoms in total. The highest BCUT2D eigenvalue weighted by atomic mass is 32.2. The number of hydrogen-bond donors (Lipinski definition) is 1. The molecule has 1 N–H and O–H groups in total. The molecule has 1 unspecified atom stereocenters. The van der Waals surface area contributed by atoms with Gasteiger partial charge in [-0.05, 0) is 42.8 Å². The minimum absolute atomic E-state index is 0.00233. The third-order valence-electron chi connectivity index (χ3n) is 5.10. The van der Waals surface area contributed by atoms with Gasteiger partial charge in [-0.25, -0.2) is 13.8 Å². The molecule has 1 aliphatic rings. The fraction of sp³-hybridized carbons (Fsp3) is 0.375. The number of nitrogens with zero attached hydrogens (tertiary/aromatic N) is 2. The second kappa shape index (κ2) is 11.8. The summed E-state index contributed by atoms with van der Waals surface area (Å²) in [6.07, 6.45) is 5.22. The number of hydrogen-bond acceptors (Lipinski definition) is 4. The van der Waals surface area contributed by atoms with Gasteiger partial charge in [-0.1, -0.05) is 56.5 Å². The van der Waals surface area contributed by atoms with Crippen molar-refractivity contribution in [2.45, 2.75) is 50.7 Å². The Kier molecular flexibility index (Phi) is 8.79. The largest absolute Gasteiger partial charge is 0.323 e. The Bertz CT molecular complexity index is 966. The lowest BCUT2D eigenvalue weighted by Crippen LogP contribution is -2.45. The van der Waals surface area contributed by atoms with Gasteiger partial charge in [-0.3, -0.25) is 14.5 Å². The lowest BCUT2D eigenvalue weighted by molar-refractivity contribution is -0.129. The average Bonchev–Trinajstić information content (AvgIpc) is 2.78. The highest BCUT2D eigenvalue weighted by Crippen LogP contribution is 2.30. The van der Waals surface area contributed by atoms with Crippen LogP contribution in [0.5, 0.6) is 0 Å². The third-order valence-corrected chi connectivity index (χ3v) is 6.29. The molecule has 1 aliphatic heterocycles. The van der Waals surface area contributed by atoms with Gasteiger partial charge in [-0.2, -0.15) is 0 Å². The van der Waals surface area contributed by atoms with Crippen LogP contribution in [0.4, 0.5) is 20.2 Å². The molecule has 32 heavy (non-hydrogen) atoms. The SMILES string of the molecule is CCCCCCCN1C(=O)CC(C(=O)Nc2ccccc2F)SC1=Nc1ccc(F)cc1. The first-order valence-electron chi connectivity index (χ1n) is 10.8. The fourth-order valence-electron chi connectivity index (χ4n) is 3.34. The molecule has 2 aromatic rings. The smallest absolute Gasteiger partial charge is 0.238 e. The van der Waals surface area contributed by atoms with E-state index in [-0.39, 0.29) is 23.8 Å². The molecule has 8 heteroatoms. The molecule has 0 radical (unpaired) electrons. The molecular formula is C24H27F2N3O2S. The third kappa shape index (κ3) is 6.63. The molecule has 1 saturated heterocycles. The van der Waals surface area contributed by atoms with Crippen molar-refractivity contribution in [3.05, 3.63) is 60.2 Å². The summed E-state index contributed by atoms with van der Waals surface area (Å²) in [6, 6.07) is 11.5. The number of aliphatic imine (C=N–C) groups is 1. The predicted octanol–water partition coefficient (Wildman–Crippen LogP) is 5.90. The first-order chi connectivity index (χ1) is 15.5. The second-order valence-corrected chi connectivity index (χ2v) is 8.78. The van der Waals surface area contributed by atoms with E-state index in [1.54, 1.807) is 11.0 Å². The van der Waals surface area contributed by atoms with Gasteiger partial charge >= 0.3 is 0 Å². The lowest BCUT2D eigenvalue weighted by atomic mass is 10.1. The number of benzene rings is 2. The van der Waals surface area contributed by atoms with E-state index in [4.69, 9.17) is 0 Å². The maximum Gasteiger partial charge on any atom is 0.238 e. The summed E-state index contributed by atoms with van der Waals surface area (Å²) in [5, 5.41) is 2.23. The normalized spacial score (nSPS) is 17.6. The number of anilines is 1. The summed E-state index contributed by atoms with van der Waals surface area (Å²) in [7, 11) is 0. The van der Waals surface area contributed by atoms with Gasteiger partial charge in [0.05, 0.1) is 11.4 Å². The zero-order valence-electron chi connectivity index (χ0n) is 18.0. The van der Waals surface area contributed by atoms with Crippen molar-refractivity contribution in [2.75, 3.05) is 11.9 Å². The molecule has 0 spiro atoms. The van der Waals surface area contributed by atoms with Gasteiger partial charge in [0.2, 0.25) is 11.8 Å². The van der Waals surface area contributed by atoms with E-state index < -0.39 is 17.0 Å². The number of amides is 2. The van der Waals surface area contributed by atoms with Crippen LogP contribution in [0.15, 0.2) is 53.5 Å². The first-order valence-corrected chi connectivity index (χ1v) is 11.7. The van der Waals surface area contributed by atoms with Gasteiger partial charge in [0.25, 0.3) is 0 Å². The van der Waals surface area contributed by atoms with Crippen molar-refractivity contribution >= 4 is 40.1 Å². The van der Waals surface area contributed by atoms with E-state index in [0.717, 1.165) is 32.1 Å². The highest BCUT2D eigenvalue weighted by molar-refractivity contribution is 8.15. The number of carbonyl (C=O) groups is 2. The Hall–Kier alpha value is -2.74. The molecule has 1 heterocycles. The van der Waals surface area contributed by atoms with Crippen LogP contribution >= 0.6 is 11.8 Å². The molecular weight excluding hydrogens is 432 g/mol. The van der Waals surface area contributed by atoms with E-state index in [9.17, 15) is 18.4 Å². The Labute approximate surface area is 191 Å². The minimum Gasteiger partial charge on any atom is -0.323 e. The maximum atomic E-state index is 13.9. The average molecular weight is 460 g/mol. The molecule has 1 atom stereocenters. The number of thioether (sulfide) groups is 1. The molecule has 3 rings (SSSR count). The standard InChI is InChI=1S/C24H27F2N3O2S/c1-2-3-4-5-8-15-29-22(30)16-21(23(31)28-20-10-7-6-9-19(20)26)32-24(29)27-18-13-11-17(25)12-14-18/h6-7,9-14,21H,2-5,8,15-16H2,1H3,(H,28,31). The molecule has 2 amide bonds. The summed E-state index contributed by atoms with van der Waals surface area (Å²) in [4.78, 5) is 31.8. The summed E-state index contributed by atoms with van der Waals surface area (Å²) in [5.74, 6) is -1.57. The molecule has 0 aliphatic carbocycles. The van der Waals surface area contributed by atoms with Crippen LogP contribution in [0.25, 0.3) is 0 Å². The van der Waals surface area contributed by atoms with Crippen LogP contribution in [-0.4, -0.2) is 33.7 Å². The van der Waals surface area contributed by atoms with Gasteiger partial charge in [0.1, 0.15) is 16.9 Å². The number of amidine groups is 1. The Balaban J connectivity index is 1.76. The van der Waals surface area contributed by atoms with E-state index in [1.807, 2.05) is 0 Å². The van der Waals surface area contributed by atoms with Crippen LogP contribution in [-0.2, 0) is 9.59 Å². The number of rotatable bonds is 9. The van der Waals surface area contributed by atoms with Crippen molar-refractivity contribution < 1.29 is 18.4 Å². The van der Waals surface area contributed by atoms with E-state index >= 15 is 0 Å². The minimum atomic E-state index is -0.738. The summed E-state index contributed by atoms with van der Waals surface area (Å²) < 4.78 is 27.2. The molecule has 0 aromatic heterocycles. The number of halogens is 2. The Morgan fingerprint density at radius 2 is 1.81 bits per heavy atom. The first kappa shape index (κ1) is 23.9. The number of carbonyl (C=O) groups excluding carboxylic acids is 2. The van der Waals surface area contributed by atoms with E-state index in [0.29, 0.717) is 17.4 Å². The Morgan fingerprint density at radius 1 is 1.09 bits per heavy atom. The van der Waals surface area contributed by atoms with Gasteiger partial charge in [0, 0.05) is 13.0 Å². The zero-order chi connectivity index (χ0) is 22.9. The van der Waals surface area contributed by atoms with Crippen LogP contribution in [0, 0.1) is 11.6 Å². The second-order valence-electron chi connectivity index (χ2n) is 7.61. The fourth-order valence-corrected chi connectivity index (χ4v) is 4.46. The van der Waals surface area contributed by atoms with Crippen LogP contribution in [0.2, 0.25) is 0 Å². The quantitative estimate of drug-likeness (QED) is 0.475. The van der Waals surface area contributed by atoms with Gasteiger partial charge in [0.15, 0.2) is 5.17 Å². The molecule has 1 fully saturated rings. The van der Waals surface area contributed by atoms with Crippen molar-refractivity contribution in [1.29, 1.82) is 0 Å². The lowest BCUT2D eigenvalue weighted by Gasteiger charge is -2.32. The van der Waals surface area contributed by atoms with Crippen molar-refractivity contribution in [2.24, 2.45) is 4.99 Å². The van der Waals surface area contributed by atoms with Crippen molar-refractivity contribution in [3.63, 3.8) is 0 Å². The van der Waals surface area contributed by atoms with Gasteiger partial charge in [-0.15, -0.1) is 0 Å². The van der Waals surface area contributed by atoms with E-state index in [1.165, 1.54) is 54.2 Å². The predicted molar refractivity (Wildman–Crippen MR) is 125 cm³/mol. The van der Waals surface area contributed by atoms with Crippen LogP contribution in [0.3, 0.4) is 0 Å². The summed E-state index contributed by atoms with van der Waals surface area (Å²) in [6.45, 7) is 2.65. The monoisotopic (exact) mass is 459 g/mol. The number of para-hydroxylation sites is 1. The number of nitrogens with one attached hydrogen (secondary N) is 1. The molecule has 0 bridgehead atoms. The number of unbranched alkanes of at least 4 members (excludes halogenated alkanes) is 4. The topological polar surface area (TPSA) is 61.8 Å². The van der Waals surface area contributed by atoms with Crippen molar-refractivity contribution in [1.82, 2.24) is 4.90 Å². The summed E-state index contributed by atoms with van der Waals surface area (Å²) in [5.41, 5.74) is 0.564. The zero-order valence-corrected chi connectivity index (χ0v) is 18.8. The summed E-state index contributed by atoms with van der Waals surface area (Å²) >= 11 is 1.17. The molecule has 170 valence electrons. The van der Waals surface area contributed by atoms with Gasteiger partial charge < -0.3 is 5.32 Å². The molecule has 2 aromatic carbocycles. The maximum absolute atomic E-state index is 13.9.